The highest BCUT2D eigenvalue weighted by Gasteiger charge is 2.16. The molecule has 8 nitrogen and oxygen atoms in total. The maximum absolute atomic E-state index is 13.4. The summed E-state index contributed by atoms with van der Waals surface area (Å²) in [6.07, 6.45) is 1.55. The maximum atomic E-state index is 13.4. The zero-order chi connectivity index (χ0) is 30.8. The molecule has 0 heterocycles. The van der Waals surface area contributed by atoms with Crippen molar-refractivity contribution in [2.45, 2.75) is 4.90 Å². The van der Waals surface area contributed by atoms with E-state index >= 15 is 0 Å². The Morgan fingerprint density at radius 3 is 2.09 bits per heavy atom. The van der Waals surface area contributed by atoms with Crippen LogP contribution in [0.2, 0.25) is 10.0 Å². The van der Waals surface area contributed by atoms with Gasteiger partial charge in [0.05, 0.1) is 20.0 Å². The Morgan fingerprint density at radius 1 is 0.767 bits per heavy atom. The first kappa shape index (κ1) is 31.5. The zero-order valence-corrected chi connectivity index (χ0v) is 25.5. The summed E-state index contributed by atoms with van der Waals surface area (Å²) < 4.78 is 10.7. The summed E-state index contributed by atoms with van der Waals surface area (Å²) in [5, 5.41) is 9.14. The second-order valence-electron chi connectivity index (χ2n) is 8.97. The first-order valence-electron chi connectivity index (χ1n) is 12.8. The highest BCUT2D eigenvalue weighted by Crippen LogP contribution is 2.29. The van der Waals surface area contributed by atoms with Gasteiger partial charge in [0, 0.05) is 31.9 Å². The third-order valence-corrected chi connectivity index (χ3v) is 7.32. The van der Waals surface area contributed by atoms with Gasteiger partial charge >= 0.3 is 0 Å². The van der Waals surface area contributed by atoms with Crippen LogP contribution >= 0.6 is 35.0 Å². The van der Waals surface area contributed by atoms with Crippen molar-refractivity contribution in [2.75, 3.05) is 30.6 Å². The summed E-state index contributed by atoms with van der Waals surface area (Å²) in [6.45, 7) is 0. The molecule has 0 saturated carbocycles. The molecule has 3 N–H and O–H groups in total. The molecule has 220 valence electrons. The van der Waals surface area contributed by atoms with Gasteiger partial charge in [-0.25, -0.2) is 0 Å². The number of halogens is 2. The highest BCUT2D eigenvalue weighted by molar-refractivity contribution is 8.00. The number of carbonyl (C=O) groups excluding carboxylic acids is 3. The van der Waals surface area contributed by atoms with Crippen LogP contribution in [0.1, 0.15) is 15.9 Å². The van der Waals surface area contributed by atoms with Crippen LogP contribution in [0.4, 0.5) is 11.4 Å². The van der Waals surface area contributed by atoms with Crippen LogP contribution in [0, 0.1) is 0 Å². The van der Waals surface area contributed by atoms with E-state index in [0.717, 1.165) is 4.90 Å². The van der Waals surface area contributed by atoms with Crippen LogP contribution in [0.25, 0.3) is 6.08 Å². The van der Waals surface area contributed by atoms with Crippen LogP contribution < -0.4 is 25.4 Å². The second kappa shape index (κ2) is 15.2. The smallest absolute Gasteiger partial charge is 0.272 e. The predicted molar refractivity (Wildman–Crippen MR) is 172 cm³/mol. The van der Waals surface area contributed by atoms with Crippen molar-refractivity contribution in [1.29, 1.82) is 0 Å². The van der Waals surface area contributed by atoms with Gasteiger partial charge < -0.3 is 25.4 Å². The van der Waals surface area contributed by atoms with Gasteiger partial charge in [-0.2, -0.15) is 0 Å². The van der Waals surface area contributed by atoms with E-state index in [-0.39, 0.29) is 17.4 Å². The van der Waals surface area contributed by atoms with Crippen LogP contribution in [0.15, 0.2) is 102 Å². The third kappa shape index (κ3) is 9.27. The predicted octanol–water partition coefficient (Wildman–Crippen LogP) is 7.15. The minimum Gasteiger partial charge on any atom is -0.493 e. The van der Waals surface area contributed by atoms with Crippen LogP contribution in [-0.4, -0.2) is 37.7 Å². The first-order valence-corrected chi connectivity index (χ1v) is 14.6. The molecule has 4 aromatic carbocycles. The fourth-order valence-corrected chi connectivity index (χ4v) is 5.08. The number of hydrogen-bond donors (Lipinski definition) is 3. The van der Waals surface area contributed by atoms with E-state index in [4.69, 9.17) is 32.7 Å². The van der Waals surface area contributed by atoms with Crippen molar-refractivity contribution in [2.24, 2.45) is 0 Å². The average molecular weight is 637 g/mol. The van der Waals surface area contributed by atoms with E-state index in [1.54, 1.807) is 97.1 Å². The molecule has 4 aromatic rings. The van der Waals surface area contributed by atoms with E-state index < -0.39 is 11.8 Å². The lowest BCUT2D eigenvalue weighted by Crippen LogP contribution is -2.30. The lowest BCUT2D eigenvalue weighted by molar-refractivity contribution is -0.114. The molecular weight excluding hydrogens is 609 g/mol. The molecule has 0 fully saturated rings. The number of nitrogens with one attached hydrogen (secondary N) is 3. The molecule has 3 amide bonds. The number of ether oxygens (including phenoxy) is 2. The molecule has 0 bridgehead atoms. The minimum absolute atomic E-state index is 0.0253. The number of hydrogen-bond acceptors (Lipinski definition) is 6. The fraction of sp³-hybridized carbons (Fsp3) is 0.0938. The highest BCUT2D eigenvalue weighted by atomic mass is 35.5. The first-order chi connectivity index (χ1) is 20.7. The molecule has 0 unspecified atom stereocenters. The molecule has 43 heavy (non-hydrogen) atoms. The number of thioether (sulfide) groups is 1. The van der Waals surface area contributed by atoms with E-state index in [0.29, 0.717) is 44.0 Å². The van der Waals surface area contributed by atoms with Gasteiger partial charge in [0.25, 0.3) is 11.8 Å². The molecule has 11 heteroatoms. The molecule has 0 aliphatic rings. The lowest BCUT2D eigenvalue weighted by atomic mass is 10.1. The van der Waals surface area contributed by atoms with Gasteiger partial charge in [-0.3, -0.25) is 14.4 Å². The lowest BCUT2D eigenvalue weighted by Gasteiger charge is -2.13. The Balaban J connectivity index is 1.44. The van der Waals surface area contributed by atoms with Gasteiger partial charge in [-0.15, -0.1) is 11.8 Å². The van der Waals surface area contributed by atoms with Crippen molar-refractivity contribution >= 4 is 70.1 Å². The third-order valence-electron chi connectivity index (χ3n) is 5.88. The Labute approximate surface area is 263 Å². The van der Waals surface area contributed by atoms with Crippen molar-refractivity contribution < 1.29 is 23.9 Å². The normalized spacial score (nSPS) is 10.9. The van der Waals surface area contributed by atoms with E-state index in [1.165, 1.54) is 26.0 Å². The van der Waals surface area contributed by atoms with E-state index in [1.807, 2.05) is 0 Å². The quantitative estimate of drug-likeness (QED) is 0.119. The number of rotatable bonds is 11. The number of benzene rings is 4. The summed E-state index contributed by atoms with van der Waals surface area (Å²) in [5.41, 5.74) is 2.05. The molecule has 0 saturated heterocycles. The van der Waals surface area contributed by atoms with Crippen molar-refractivity contribution in [3.8, 4) is 11.5 Å². The Hall–Kier alpha value is -4.44. The largest absolute Gasteiger partial charge is 0.493 e. The Morgan fingerprint density at radius 2 is 1.44 bits per heavy atom. The molecule has 0 radical (unpaired) electrons. The van der Waals surface area contributed by atoms with Crippen molar-refractivity contribution in [3.63, 3.8) is 0 Å². The van der Waals surface area contributed by atoms with Crippen molar-refractivity contribution in [1.82, 2.24) is 5.32 Å². The van der Waals surface area contributed by atoms with Crippen LogP contribution in [0.3, 0.4) is 0 Å². The minimum atomic E-state index is -0.529. The summed E-state index contributed by atoms with van der Waals surface area (Å²) >= 11 is 13.3. The van der Waals surface area contributed by atoms with Gasteiger partial charge in [-0.05, 0) is 78.4 Å². The molecule has 0 aliphatic carbocycles. The molecule has 0 aliphatic heterocycles. The van der Waals surface area contributed by atoms with Gasteiger partial charge in [0.1, 0.15) is 5.70 Å². The molecule has 0 spiro atoms. The van der Waals surface area contributed by atoms with Gasteiger partial charge in [0.15, 0.2) is 11.5 Å². The second-order valence-corrected chi connectivity index (χ2v) is 10.9. The van der Waals surface area contributed by atoms with Gasteiger partial charge in [0.2, 0.25) is 5.91 Å². The molecule has 4 rings (SSSR count). The molecular formula is C32H27Cl2N3O5S. The van der Waals surface area contributed by atoms with Crippen LogP contribution in [0.5, 0.6) is 11.5 Å². The summed E-state index contributed by atoms with van der Waals surface area (Å²) in [7, 11) is 3.04. The fourth-order valence-electron chi connectivity index (χ4n) is 3.86. The summed E-state index contributed by atoms with van der Waals surface area (Å²) in [6, 6.07) is 25.5. The van der Waals surface area contributed by atoms with Crippen molar-refractivity contribution in [3.05, 3.63) is 118 Å². The Kier molecular flexibility index (Phi) is 11.1. The summed E-state index contributed by atoms with van der Waals surface area (Å²) in [5.74, 6) is -0.0299. The number of anilines is 2. The number of amides is 3. The zero-order valence-electron chi connectivity index (χ0n) is 23.2. The average Bonchev–Trinajstić information content (AvgIpc) is 3.00. The summed E-state index contributed by atoms with van der Waals surface area (Å²) in [4.78, 5) is 39.5. The monoisotopic (exact) mass is 635 g/mol. The Bertz CT molecular complexity index is 1630. The maximum Gasteiger partial charge on any atom is 0.272 e. The van der Waals surface area contributed by atoms with Gasteiger partial charge in [-0.1, -0.05) is 47.5 Å². The SMILES string of the molecule is COc1ccc(/C=C(\NC(=O)c2ccccc2)C(=O)Nc2ccc(SCC(=O)Nc3cc(Cl)cc(Cl)c3)cc2)cc1OC. The molecule has 0 atom stereocenters. The topological polar surface area (TPSA) is 106 Å². The van der Waals surface area contributed by atoms with E-state index in [9.17, 15) is 14.4 Å². The van der Waals surface area contributed by atoms with Crippen LogP contribution in [-0.2, 0) is 9.59 Å². The van der Waals surface area contributed by atoms with E-state index in [2.05, 4.69) is 16.0 Å². The number of methoxy groups -OCH3 is 2. The standard InChI is InChI=1S/C32H27Cl2N3O5S/c1-41-28-13-8-20(15-29(28)42-2)14-27(37-31(39)21-6-4-3-5-7-21)32(40)36-24-9-11-26(12-10-24)43-19-30(38)35-25-17-22(33)16-23(34)18-25/h3-18H,19H2,1-2H3,(H,35,38)(H,36,40)(H,37,39)/b27-14-. The number of carbonyl (C=O) groups is 3. The molecule has 0 aromatic heterocycles.